The van der Waals surface area contributed by atoms with Gasteiger partial charge in [0, 0.05) is 12.8 Å². The molecule has 0 atom stereocenters. The quantitative estimate of drug-likeness (QED) is 0.293. The van der Waals surface area contributed by atoms with Crippen LogP contribution in [0.5, 0.6) is 0 Å². The van der Waals surface area contributed by atoms with Gasteiger partial charge in [0.05, 0.1) is 35.0 Å². The minimum atomic E-state index is -0.464. The standard InChI is InChI=1S/C25H25N3O5/c1-4-7-23(29)27-22-15-26-21(24(16(22)2)28(31)32)14-17-10-12-18(13-11-17)19-8-5-6-9-20(19)25(30)33-3/h5-6,8-13,15H,4,7,14H2,1-3H3,(H,27,29). The third kappa shape index (κ3) is 5.41. The van der Waals surface area contributed by atoms with Gasteiger partial charge < -0.3 is 10.1 Å². The summed E-state index contributed by atoms with van der Waals surface area (Å²) in [5, 5.41) is 14.5. The molecule has 1 N–H and O–H groups in total. The predicted molar refractivity (Wildman–Crippen MR) is 125 cm³/mol. The first-order chi connectivity index (χ1) is 15.8. The van der Waals surface area contributed by atoms with Crippen molar-refractivity contribution < 1.29 is 19.2 Å². The number of rotatable bonds is 8. The van der Waals surface area contributed by atoms with Gasteiger partial charge >= 0.3 is 5.97 Å². The van der Waals surface area contributed by atoms with Gasteiger partial charge in [-0.05, 0) is 36.1 Å². The van der Waals surface area contributed by atoms with Crippen molar-refractivity contribution in [1.29, 1.82) is 0 Å². The third-order valence-corrected chi connectivity index (χ3v) is 5.28. The molecule has 0 radical (unpaired) electrons. The molecule has 0 aliphatic rings. The Labute approximate surface area is 191 Å². The molecule has 1 heterocycles. The van der Waals surface area contributed by atoms with Gasteiger partial charge in [-0.2, -0.15) is 0 Å². The lowest BCUT2D eigenvalue weighted by atomic mass is 9.97. The number of pyridine rings is 1. The first-order valence-corrected chi connectivity index (χ1v) is 10.5. The fourth-order valence-electron chi connectivity index (χ4n) is 3.60. The highest BCUT2D eigenvalue weighted by Gasteiger charge is 2.23. The number of nitro groups is 1. The molecule has 2 aromatic carbocycles. The fraction of sp³-hybridized carbons (Fsp3) is 0.240. The van der Waals surface area contributed by atoms with E-state index in [2.05, 4.69) is 10.3 Å². The number of aromatic nitrogens is 1. The molecule has 0 saturated carbocycles. The van der Waals surface area contributed by atoms with Gasteiger partial charge in [0.25, 0.3) is 5.69 Å². The zero-order chi connectivity index (χ0) is 24.0. The van der Waals surface area contributed by atoms with E-state index in [4.69, 9.17) is 4.74 Å². The number of hydrogen-bond donors (Lipinski definition) is 1. The van der Waals surface area contributed by atoms with Crippen LogP contribution in [-0.2, 0) is 16.0 Å². The Morgan fingerprint density at radius 3 is 2.45 bits per heavy atom. The number of carbonyl (C=O) groups excluding carboxylic acids is 2. The number of nitrogens with one attached hydrogen (secondary N) is 1. The van der Waals surface area contributed by atoms with E-state index in [1.807, 2.05) is 43.3 Å². The average Bonchev–Trinajstić information content (AvgIpc) is 2.81. The maximum Gasteiger partial charge on any atom is 0.338 e. The molecule has 8 heteroatoms. The van der Waals surface area contributed by atoms with Crippen molar-refractivity contribution in [3.05, 3.63) is 87.2 Å². The van der Waals surface area contributed by atoms with Crippen molar-refractivity contribution in [3.8, 4) is 11.1 Å². The Hall–Kier alpha value is -4.07. The number of anilines is 1. The fourth-order valence-corrected chi connectivity index (χ4v) is 3.60. The monoisotopic (exact) mass is 447 g/mol. The molecule has 0 aliphatic carbocycles. The van der Waals surface area contributed by atoms with Crippen molar-refractivity contribution in [2.75, 3.05) is 12.4 Å². The molecule has 170 valence electrons. The summed E-state index contributed by atoms with van der Waals surface area (Å²) in [6.45, 7) is 3.49. The molecule has 0 spiro atoms. The number of nitrogens with zero attached hydrogens (tertiary/aromatic N) is 2. The number of benzene rings is 2. The summed E-state index contributed by atoms with van der Waals surface area (Å²) in [6.07, 6.45) is 2.73. The molecular formula is C25H25N3O5. The van der Waals surface area contributed by atoms with Crippen LogP contribution < -0.4 is 5.32 Å². The van der Waals surface area contributed by atoms with Crippen molar-refractivity contribution in [2.45, 2.75) is 33.1 Å². The Morgan fingerprint density at radius 1 is 1.12 bits per heavy atom. The molecule has 1 aromatic heterocycles. The predicted octanol–water partition coefficient (Wildman–Crippen LogP) is 5.08. The van der Waals surface area contributed by atoms with Crippen molar-refractivity contribution in [2.24, 2.45) is 0 Å². The second-order valence-corrected chi connectivity index (χ2v) is 7.56. The zero-order valence-electron chi connectivity index (χ0n) is 18.8. The highest BCUT2D eigenvalue weighted by atomic mass is 16.6. The number of amides is 1. The van der Waals surface area contributed by atoms with Crippen LogP contribution in [0.2, 0.25) is 0 Å². The summed E-state index contributed by atoms with van der Waals surface area (Å²) in [4.78, 5) is 39.6. The third-order valence-electron chi connectivity index (χ3n) is 5.28. The molecule has 0 fully saturated rings. The molecule has 0 saturated heterocycles. The van der Waals surface area contributed by atoms with Crippen LogP contribution >= 0.6 is 0 Å². The number of esters is 1. The van der Waals surface area contributed by atoms with E-state index in [9.17, 15) is 19.7 Å². The van der Waals surface area contributed by atoms with Crippen LogP contribution in [0.4, 0.5) is 11.4 Å². The van der Waals surface area contributed by atoms with Gasteiger partial charge in [-0.25, -0.2) is 4.79 Å². The molecular weight excluding hydrogens is 422 g/mol. The maximum absolute atomic E-state index is 12.1. The van der Waals surface area contributed by atoms with Crippen LogP contribution in [0.15, 0.2) is 54.7 Å². The van der Waals surface area contributed by atoms with E-state index in [1.54, 1.807) is 19.1 Å². The van der Waals surface area contributed by atoms with E-state index in [0.29, 0.717) is 35.3 Å². The Kier molecular flexibility index (Phi) is 7.50. The van der Waals surface area contributed by atoms with Crippen molar-refractivity contribution in [3.63, 3.8) is 0 Å². The summed E-state index contributed by atoms with van der Waals surface area (Å²) in [7, 11) is 1.34. The lowest BCUT2D eigenvalue weighted by Gasteiger charge is -2.12. The first-order valence-electron chi connectivity index (χ1n) is 10.5. The number of methoxy groups -OCH3 is 1. The molecule has 0 unspecified atom stereocenters. The van der Waals surface area contributed by atoms with Crippen molar-refractivity contribution in [1.82, 2.24) is 4.98 Å². The Balaban J connectivity index is 1.89. The Morgan fingerprint density at radius 2 is 1.82 bits per heavy atom. The second-order valence-electron chi connectivity index (χ2n) is 7.56. The van der Waals surface area contributed by atoms with Gasteiger partial charge in [-0.15, -0.1) is 0 Å². The van der Waals surface area contributed by atoms with Crippen LogP contribution in [0.25, 0.3) is 11.1 Å². The summed E-state index contributed by atoms with van der Waals surface area (Å²) >= 11 is 0. The minimum absolute atomic E-state index is 0.107. The molecule has 0 bridgehead atoms. The number of hydrogen-bond acceptors (Lipinski definition) is 6. The molecule has 3 rings (SSSR count). The molecule has 33 heavy (non-hydrogen) atoms. The van der Waals surface area contributed by atoms with Crippen LogP contribution in [0, 0.1) is 17.0 Å². The lowest BCUT2D eigenvalue weighted by Crippen LogP contribution is -2.13. The molecule has 3 aromatic rings. The van der Waals surface area contributed by atoms with Gasteiger partial charge in [0.1, 0.15) is 5.69 Å². The normalized spacial score (nSPS) is 10.5. The Bertz CT molecular complexity index is 1190. The highest BCUT2D eigenvalue weighted by molar-refractivity contribution is 5.97. The first kappa shape index (κ1) is 23.6. The molecule has 1 amide bonds. The molecule has 0 aliphatic heterocycles. The number of ether oxygens (including phenoxy) is 1. The smallest absolute Gasteiger partial charge is 0.338 e. The largest absolute Gasteiger partial charge is 0.465 e. The van der Waals surface area contributed by atoms with E-state index in [0.717, 1.165) is 16.7 Å². The number of carbonyl (C=O) groups is 2. The SMILES string of the molecule is CCCC(=O)Nc1cnc(Cc2ccc(-c3ccccc3C(=O)OC)cc2)c([N+](=O)[O-])c1C. The highest BCUT2D eigenvalue weighted by Crippen LogP contribution is 2.30. The van der Waals surface area contributed by atoms with E-state index < -0.39 is 10.9 Å². The second kappa shape index (κ2) is 10.5. The van der Waals surface area contributed by atoms with E-state index in [-0.39, 0.29) is 18.0 Å². The van der Waals surface area contributed by atoms with Crippen molar-refractivity contribution >= 4 is 23.3 Å². The molecule has 8 nitrogen and oxygen atoms in total. The topological polar surface area (TPSA) is 111 Å². The van der Waals surface area contributed by atoms with Crippen LogP contribution in [0.3, 0.4) is 0 Å². The van der Waals surface area contributed by atoms with Gasteiger partial charge in [0.2, 0.25) is 5.91 Å². The van der Waals surface area contributed by atoms with E-state index >= 15 is 0 Å². The van der Waals surface area contributed by atoms with Crippen LogP contribution in [-0.4, -0.2) is 28.9 Å². The average molecular weight is 447 g/mol. The minimum Gasteiger partial charge on any atom is -0.465 e. The van der Waals surface area contributed by atoms with Gasteiger partial charge in [0.15, 0.2) is 0 Å². The summed E-state index contributed by atoms with van der Waals surface area (Å²) in [5.74, 6) is -0.622. The van der Waals surface area contributed by atoms with Gasteiger partial charge in [-0.1, -0.05) is 49.4 Å². The summed E-state index contributed by atoms with van der Waals surface area (Å²) in [6, 6.07) is 14.6. The van der Waals surface area contributed by atoms with Gasteiger partial charge in [-0.3, -0.25) is 19.9 Å². The zero-order valence-corrected chi connectivity index (χ0v) is 18.8. The lowest BCUT2D eigenvalue weighted by molar-refractivity contribution is -0.386. The van der Waals surface area contributed by atoms with E-state index in [1.165, 1.54) is 13.3 Å². The maximum atomic E-state index is 12.1. The van der Waals surface area contributed by atoms with Crippen LogP contribution in [0.1, 0.15) is 46.9 Å². The summed E-state index contributed by atoms with van der Waals surface area (Å²) < 4.78 is 4.86. The summed E-state index contributed by atoms with van der Waals surface area (Å²) in [5.41, 5.74) is 3.78.